The minimum absolute atomic E-state index is 0.00245. The molecule has 0 bridgehead atoms. The Morgan fingerprint density at radius 2 is 2.04 bits per heavy atom. The van der Waals surface area contributed by atoms with Crippen molar-refractivity contribution in [1.29, 1.82) is 0 Å². The molecule has 1 fully saturated rings. The lowest BCUT2D eigenvalue weighted by molar-refractivity contribution is -0.119. The van der Waals surface area contributed by atoms with E-state index in [4.69, 9.17) is 4.74 Å². The number of fused-ring (bicyclic) bond motifs is 1. The quantitative estimate of drug-likeness (QED) is 0.899. The Bertz CT molecular complexity index is 628. The molecule has 0 aliphatic carbocycles. The van der Waals surface area contributed by atoms with Gasteiger partial charge in [0.2, 0.25) is 0 Å². The normalized spacial score (nSPS) is 21.1. The van der Waals surface area contributed by atoms with Crippen LogP contribution in [0.25, 0.3) is 0 Å². The maximum atomic E-state index is 12.5. The van der Waals surface area contributed by atoms with Gasteiger partial charge in [0, 0.05) is 36.6 Å². The van der Waals surface area contributed by atoms with E-state index >= 15 is 0 Å². The Morgan fingerprint density at radius 3 is 2.71 bits per heavy atom. The van der Waals surface area contributed by atoms with E-state index in [0.717, 1.165) is 23.7 Å². The molecule has 0 radical (unpaired) electrons. The molecule has 24 heavy (non-hydrogen) atoms. The van der Waals surface area contributed by atoms with E-state index in [0.29, 0.717) is 31.9 Å². The van der Waals surface area contributed by atoms with Crippen LogP contribution in [0.4, 0.5) is 5.69 Å². The Labute approximate surface area is 146 Å². The first kappa shape index (κ1) is 17.3. The van der Waals surface area contributed by atoms with Gasteiger partial charge in [-0.2, -0.15) is 0 Å². The van der Waals surface area contributed by atoms with Gasteiger partial charge in [-0.3, -0.25) is 14.5 Å². The van der Waals surface area contributed by atoms with Gasteiger partial charge < -0.3 is 15.0 Å². The van der Waals surface area contributed by atoms with E-state index in [1.807, 2.05) is 26.0 Å². The molecule has 0 aromatic heterocycles. The number of anilines is 1. The Balaban J connectivity index is 1.79. The van der Waals surface area contributed by atoms with E-state index in [1.54, 1.807) is 22.7 Å². The van der Waals surface area contributed by atoms with Crippen LogP contribution in [0.3, 0.4) is 0 Å². The zero-order valence-corrected chi connectivity index (χ0v) is 14.9. The summed E-state index contributed by atoms with van der Waals surface area (Å²) in [6, 6.07) is 5.57. The molecule has 1 N–H and O–H groups in total. The van der Waals surface area contributed by atoms with Crippen LogP contribution in [-0.4, -0.2) is 66.4 Å². The van der Waals surface area contributed by atoms with Crippen LogP contribution >= 0.6 is 11.8 Å². The molecular weight excluding hydrogens is 326 g/mol. The van der Waals surface area contributed by atoms with Crippen molar-refractivity contribution in [3.63, 3.8) is 0 Å². The number of carbonyl (C=O) groups is 2. The lowest BCUT2D eigenvalue weighted by atomic mass is 10.1. The first-order valence-corrected chi connectivity index (χ1v) is 9.24. The highest BCUT2D eigenvalue weighted by Crippen LogP contribution is 2.37. The highest BCUT2D eigenvalue weighted by molar-refractivity contribution is 8.00. The van der Waals surface area contributed by atoms with Gasteiger partial charge in [0.05, 0.1) is 18.9 Å². The lowest BCUT2D eigenvalue weighted by Crippen LogP contribution is -2.48. The number of benzene rings is 1. The van der Waals surface area contributed by atoms with Crippen LogP contribution in [0.2, 0.25) is 0 Å². The molecule has 2 aliphatic rings. The smallest absolute Gasteiger partial charge is 0.253 e. The van der Waals surface area contributed by atoms with Crippen LogP contribution in [-0.2, 0) is 9.53 Å². The SMILES string of the molecule is CCN(CC)C(=O)c1ccc2c(c1)NC(=O)C(N1CCOCC1)S2. The number of nitrogens with zero attached hydrogens (tertiary/aromatic N) is 2. The summed E-state index contributed by atoms with van der Waals surface area (Å²) >= 11 is 1.55. The third kappa shape index (κ3) is 3.43. The average molecular weight is 349 g/mol. The number of rotatable bonds is 4. The number of thioether (sulfide) groups is 1. The highest BCUT2D eigenvalue weighted by atomic mass is 32.2. The maximum absolute atomic E-state index is 12.5. The predicted molar refractivity (Wildman–Crippen MR) is 94.4 cm³/mol. The van der Waals surface area contributed by atoms with Gasteiger partial charge in [0.1, 0.15) is 5.37 Å². The summed E-state index contributed by atoms with van der Waals surface area (Å²) in [6.07, 6.45) is 0. The first-order valence-electron chi connectivity index (χ1n) is 8.36. The summed E-state index contributed by atoms with van der Waals surface area (Å²) in [7, 11) is 0. The van der Waals surface area contributed by atoms with Gasteiger partial charge in [-0.05, 0) is 32.0 Å². The van der Waals surface area contributed by atoms with Crippen molar-refractivity contribution < 1.29 is 14.3 Å². The molecule has 3 rings (SSSR count). The second kappa shape index (κ2) is 7.55. The summed E-state index contributed by atoms with van der Waals surface area (Å²) in [5.74, 6) is -0.0285. The number of nitrogens with one attached hydrogen (secondary N) is 1. The van der Waals surface area contributed by atoms with Gasteiger partial charge in [0.25, 0.3) is 11.8 Å². The van der Waals surface area contributed by atoms with Gasteiger partial charge in [-0.15, -0.1) is 0 Å². The zero-order valence-electron chi connectivity index (χ0n) is 14.1. The number of carbonyl (C=O) groups excluding carboxylic acids is 2. The fraction of sp³-hybridized carbons (Fsp3) is 0.529. The van der Waals surface area contributed by atoms with Crippen LogP contribution < -0.4 is 5.32 Å². The van der Waals surface area contributed by atoms with Crippen LogP contribution in [0.5, 0.6) is 0 Å². The molecule has 2 heterocycles. The highest BCUT2D eigenvalue weighted by Gasteiger charge is 2.33. The number of hydrogen-bond donors (Lipinski definition) is 1. The molecule has 2 aliphatic heterocycles. The number of ether oxygens (including phenoxy) is 1. The molecular formula is C17H23N3O3S. The van der Waals surface area contributed by atoms with Crippen molar-refractivity contribution >= 4 is 29.3 Å². The maximum Gasteiger partial charge on any atom is 0.253 e. The number of morpholine rings is 1. The standard InChI is InChI=1S/C17H23N3O3S/c1-3-19(4-2)16(22)12-5-6-14-13(11-12)18-15(21)17(24-14)20-7-9-23-10-8-20/h5-6,11,17H,3-4,7-10H2,1-2H3,(H,18,21). The fourth-order valence-electron chi connectivity index (χ4n) is 2.98. The van der Waals surface area contributed by atoms with E-state index in [-0.39, 0.29) is 17.2 Å². The second-order valence-corrected chi connectivity index (χ2v) is 6.92. The third-order valence-corrected chi connectivity index (χ3v) is 5.72. The van der Waals surface area contributed by atoms with Crippen molar-refractivity contribution in [2.45, 2.75) is 24.1 Å². The topological polar surface area (TPSA) is 61.9 Å². The fourth-order valence-corrected chi connectivity index (χ4v) is 4.13. The summed E-state index contributed by atoms with van der Waals surface area (Å²) in [6.45, 7) is 8.12. The number of amides is 2. The van der Waals surface area contributed by atoms with E-state index in [9.17, 15) is 9.59 Å². The monoisotopic (exact) mass is 349 g/mol. The van der Waals surface area contributed by atoms with E-state index in [2.05, 4.69) is 10.2 Å². The molecule has 0 spiro atoms. The Kier molecular flexibility index (Phi) is 5.43. The minimum atomic E-state index is -0.231. The predicted octanol–water partition coefficient (Wildman–Crippen LogP) is 1.87. The van der Waals surface area contributed by atoms with Gasteiger partial charge >= 0.3 is 0 Å². The van der Waals surface area contributed by atoms with Crippen molar-refractivity contribution in [2.75, 3.05) is 44.7 Å². The van der Waals surface area contributed by atoms with Crippen molar-refractivity contribution in [3.8, 4) is 0 Å². The summed E-state index contributed by atoms with van der Waals surface area (Å²) in [4.78, 5) is 29.9. The lowest BCUT2D eigenvalue weighted by Gasteiger charge is -2.35. The second-order valence-electron chi connectivity index (χ2n) is 5.80. The van der Waals surface area contributed by atoms with Crippen molar-refractivity contribution in [3.05, 3.63) is 23.8 Å². The molecule has 1 aromatic rings. The van der Waals surface area contributed by atoms with Crippen LogP contribution in [0.15, 0.2) is 23.1 Å². The zero-order chi connectivity index (χ0) is 17.1. The summed E-state index contributed by atoms with van der Waals surface area (Å²) in [5.41, 5.74) is 1.34. The third-order valence-electron chi connectivity index (χ3n) is 4.38. The molecule has 0 saturated carbocycles. The van der Waals surface area contributed by atoms with Gasteiger partial charge in [0.15, 0.2) is 0 Å². The van der Waals surface area contributed by atoms with Gasteiger partial charge in [-0.25, -0.2) is 0 Å². The molecule has 1 atom stereocenters. The molecule has 6 nitrogen and oxygen atoms in total. The summed E-state index contributed by atoms with van der Waals surface area (Å²) in [5, 5.41) is 2.73. The molecule has 7 heteroatoms. The van der Waals surface area contributed by atoms with Crippen molar-refractivity contribution in [2.24, 2.45) is 0 Å². The number of hydrogen-bond acceptors (Lipinski definition) is 5. The Morgan fingerprint density at radius 1 is 1.33 bits per heavy atom. The Hall–Kier alpha value is -1.57. The molecule has 1 aromatic carbocycles. The van der Waals surface area contributed by atoms with E-state index in [1.165, 1.54) is 0 Å². The average Bonchev–Trinajstić information content (AvgIpc) is 2.62. The van der Waals surface area contributed by atoms with Gasteiger partial charge in [-0.1, -0.05) is 11.8 Å². The first-order chi connectivity index (χ1) is 11.6. The molecule has 130 valence electrons. The molecule has 2 amide bonds. The van der Waals surface area contributed by atoms with Crippen LogP contribution in [0, 0.1) is 0 Å². The summed E-state index contributed by atoms with van der Waals surface area (Å²) < 4.78 is 5.36. The van der Waals surface area contributed by atoms with Crippen molar-refractivity contribution in [1.82, 2.24) is 9.80 Å². The molecule has 1 unspecified atom stereocenters. The molecule has 1 saturated heterocycles. The minimum Gasteiger partial charge on any atom is -0.379 e. The largest absolute Gasteiger partial charge is 0.379 e. The van der Waals surface area contributed by atoms with Crippen LogP contribution in [0.1, 0.15) is 24.2 Å². The van der Waals surface area contributed by atoms with E-state index < -0.39 is 0 Å².